The third kappa shape index (κ3) is 5.15. The summed E-state index contributed by atoms with van der Waals surface area (Å²) in [5.41, 5.74) is -0.411. The van der Waals surface area contributed by atoms with Crippen LogP contribution in [0.4, 0.5) is 18.9 Å². The fourth-order valence-electron chi connectivity index (χ4n) is 2.41. The minimum Gasteiger partial charge on any atom is -0.493 e. The average Bonchev–Trinajstić information content (AvgIpc) is 2.68. The predicted molar refractivity (Wildman–Crippen MR) is 95.8 cm³/mol. The first-order chi connectivity index (χ1) is 13.3. The number of hydrogen-bond acceptors (Lipinski definition) is 4. The number of halogens is 3. The topological polar surface area (TPSA) is 67.9 Å². The molecule has 0 radical (unpaired) electrons. The third-order valence-electron chi connectivity index (χ3n) is 3.77. The van der Waals surface area contributed by atoms with Crippen molar-refractivity contribution in [3.8, 4) is 11.5 Å². The van der Waals surface area contributed by atoms with Crippen LogP contribution in [0.1, 0.15) is 6.92 Å². The number of methoxy groups -OCH3 is 1. The highest BCUT2D eigenvalue weighted by molar-refractivity contribution is 5.91. The van der Waals surface area contributed by atoms with Crippen LogP contribution in [-0.4, -0.2) is 38.6 Å². The van der Waals surface area contributed by atoms with Crippen LogP contribution in [0.25, 0.3) is 0 Å². The highest BCUT2D eigenvalue weighted by atomic mass is 19.2. The summed E-state index contributed by atoms with van der Waals surface area (Å²) in [7, 11) is 1.47. The predicted octanol–water partition coefficient (Wildman–Crippen LogP) is 2.66. The molecule has 0 aromatic heterocycles. The number of hydrogen-bond donors (Lipinski definition) is 1. The van der Waals surface area contributed by atoms with Crippen molar-refractivity contribution in [3.05, 3.63) is 53.8 Å². The number of rotatable bonds is 8. The molecule has 0 fully saturated rings. The smallest absolute Gasteiger partial charge is 0.258 e. The van der Waals surface area contributed by atoms with Gasteiger partial charge in [0.05, 0.1) is 12.8 Å². The van der Waals surface area contributed by atoms with E-state index in [1.54, 1.807) is 24.3 Å². The molecular formula is C19H19F3N2O4. The second kappa shape index (κ2) is 9.63. The zero-order valence-corrected chi connectivity index (χ0v) is 15.3. The Kier molecular flexibility index (Phi) is 7.25. The van der Waals surface area contributed by atoms with Crippen molar-refractivity contribution in [1.29, 1.82) is 0 Å². The number of nitrogens with one attached hydrogen (secondary N) is 1. The standard InChI is InChI=1S/C19H19F3N2O4/c1-12(25)24(14-8-7-13(20)18(21)19(14)22)10-9-23-17(26)11-28-16-6-4-3-5-15(16)27-2/h3-8H,9-11H2,1-2H3,(H,23,26). The van der Waals surface area contributed by atoms with Crippen LogP contribution >= 0.6 is 0 Å². The Morgan fingerprint density at radius 3 is 2.36 bits per heavy atom. The number of amides is 2. The van der Waals surface area contributed by atoms with Crippen LogP contribution in [0.5, 0.6) is 11.5 Å². The number of para-hydroxylation sites is 2. The Morgan fingerprint density at radius 2 is 1.71 bits per heavy atom. The Balaban J connectivity index is 1.92. The van der Waals surface area contributed by atoms with Crippen molar-refractivity contribution in [3.63, 3.8) is 0 Å². The Hall–Kier alpha value is -3.23. The van der Waals surface area contributed by atoms with Gasteiger partial charge in [0.25, 0.3) is 5.91 Å². The molecule has 0 bridgehead atoms. The highest BCUT2D eigenvalue weighted by Gasteiger charge is 2.21. The second-order valence-corrected chi connectivity index (χ2v) is 5.65. The summed E-state index contributed by atoms with van der Waals surface area (Å²) < 4.78 is 50.8. The molecule has 0 saturated carbocycles. The summed E-state index contributed by atoms with van der Waals surface area (Å²) in [5, 5.41) is 2.50. The van der Waals surface area contributed by atoms with E-state index in [-0.39, 0.29) is 19.7 Å². The minimum absolute atomic E-state index is 0.0495. The molecule has 0 aliphatic rings. The van der Waals surface area contributed by atoms with Gasteiger partial charge in [0, 0.05) is 20.0 Å². The maximum Gasteiger partial charge on any atom is 0.258 e. The van der Waals surface area contributed by atoms with Crippen LogP contribution in [-0.2, 0) is 9.59 Å². The van der Waals surface area contributed by atoms with Crippen molar-refractivity contribution in [2.24, 2.45) is 0 Å². The SMILES string of the molecule is COc1ccccc1OCC(=O)NCCN(C(C)=O)c1ccc(F)c(F)c1F. The van der Waals surface area contributed by atoms with Gasteiger partial charge in [-0.15, -0.1) is 0 Å². The lowest BCUT2D eigenvalue weighted by Gasteiger charge is -2.22. The lowest BCUT2D eigenvalue weighted by molar-refractivity contribution is -0.123. The molecule has 2 aromatic carbocycles. The summed E-state index contributed by atoms with van der Waals surface area (Å²) in [4.78, 5) is 24.5. The van der Waals surface area contributed by atoms with Crippen molar-refractivity contribution >= 4 is 17.5 Å². The van der Waals surface area contributed by atoms with Gasteiger partial charge in [0.1, 0.15) is 0 Å². The van der Waals surface area contributed by atoms with Gasteiger partial charge in [-0.3, -0.25) is 9.59 Å². The molecule has 0 saturated heterocycles. The van der Waals surface area contributed by atoms with Crippen molar-refractivity contribution in [2.75, 3.05) is 31.7 Å². The van der Waals surface area contributed by atoms with Crippen LogP contribution in [0.3, 0.4) is 0 Å². The summed E-state index contributed by atoms with van der Waals surface area (Å²) >= 11 is 0. The molecule has 0 spiro atoms. The third-order valence-corrected chi connectivity index (χ3v) is 3.77. The Labute approximate surface area is 159 Å². The van der Waals surface area contributed by atoms with Gasteiger partial charge in [-0.25, -0.2) is 13.2 Å². The van der Waals surface area contributed by atoms with Gasteiger partial charge in [0.15, 0.2) is 35.6 Å². The lowest BCUT2D eigenvalue weighted by atomic mass is 10.2. The number of nitrogens with zero attached hydrogens (tertiary/aromatic N) is 1. The van der Waals surface area contributed by atoms with E-state index in [4.69, 9.17) is 9.47 Å². The van der Waals surface area contributed by atoms with E-state index in [0.29, 0.717) is 11.5 Å². The molecule has 150 valence electrons. The zero-order chi connectivity index (χ0) is 20.7. The van der Waals surface area contributed by atoms with E-state index in [9.17, 15) is 22.8 Å². The van der Waals surface area contributed by atoms with E-state index in [1.807, 2.05) is 0 Å². The minimum atomic E-state index is -1.67. The van der Waals surface area contributed by atoms with Crippen LogP contribution < -0.4 is 19.7 Å². The monoisotopic (exact) mass is 396 g/mol. The van der Waals surface area contributed by atoms with Gasteiger partial charge in [0.2, 0.25) is 5.91 Å². The maximum absolute atomic E-state index is 13.9. The number of ether oxygens (including phenoxy) is 2. The van der Waals surface area contributed by atoms with Crippen LogP contribution in [0, 0.1) is 17.5 Å². The molecule has 2 aromatic rings. The van der Waals surface area contributed by atoms with E-state index < -0.39 is 35.0 Å². The first-order valence-corrected chi connectivity index (χ1v) is 8.29. The lowest BCUT2D eigenvalue weighted by Crippen LogP contribution is -2.39. The van der Waals surface area contributed by atoms with E-state index in [2.05, 4.69) is 5.32 Å². The molecule has 1 N–H and O–H groups in total. The second-order valence-electron chi connectivity index (χ2n) is 5.65. The van der Waals surface area contributed by atoms with Gasteiger partial charge in [-0.1, -0.05) is 12.1 Å². The van der Waals surface area contributed by atoms with Gasteiger partial charge >= 0.3 is 0 Å². The molecule has 2 amide bonds. The molecule has 2 rings (SSSR count). The summed E-state index contributed by atoms with van der Waals surface area (Å²) in [6.07, 6.45) is 0. The summed E-state index contributed by atoms with van der Waals surface area (Å²) in [6.45, 7) is 0.650. The zero-order valence-electron chi connectivity index (χ0n) is 15.3. The first-order valence-electron chi connectivity index (χ1n) is 8.29. The molecule has 0 aliphatic heterocycles. The summed E-state index contributed by atoms with van der Waals surface area (Å²) in [5.74, 6) is -4.73. The normalized spacial score (nSPS) is 10.3. The maximum atomic E-state index is 13.9. The molecule has 6 nitrogen and oxygen atoms in total. The fraction of sp³-hybridized carbons (Fsp3) is 0.263. The van der Waals surface area contributed by atoms with Crippen molar-refractivity contribution < 1.29 is 32.2 Å². The number of anilines is 1. The van der Waals surface area contributed by atoms with Crippen LogP contribution in [0.15, 0.2) is 36.4 Å². The molecule has 0 heterocycles. The molecule has 9 heteroatoms. The molecule has 28 heavy (non-hydrogen) atoms. The van der Waals surface area contributed by atoms with Gasteiger partial charge < -0.3 is 19.7 Å². The summed E-state index contributed by atoms with van der Waals surface area (Å²) in [6, 6.07) is 8.46. The van der Waals surface area contributed by atoms with Crippen molar-refractivity contribution in [2.45, 2.75) is 6.92 Å². The molecule has 0 atom stereocenters. The molecule has 0 unspecified atom stereocenters. The molecular weight excluding hydrogens is 377 g/mol. The van der Waals surface area contributed by atoms with Gasteiger partial charge in [-0.05, 0) is 24.3 Å². The van der Waals surface area contributed by atoms with Crippen LogP contribution in [0.2, 0.25) is 0 Å². The molecule has 0 aliphatic carbocycles. The fourth-order valence-corrected chi connectivity index (χ4v) is 2.41. The van der Waals surface area contributed by atoms with Gasteiger partial charge in [-0.2, -0.15) is 0 Å². The Morgan fingerprint density at radius 1 is 1.04 bits per heavy atom. The van der Waals surface area contributed by atoms with Crippen molar-refractivity contribution in [1.82, 2.24) is 5.32 Å². The van der Waals surface area contributed by atoms with E-state index >= 15 is 0 Å². The quantitative estimate of drug-likeness (QED) is 0.697. The van der Waals surface area contributed by atoms with E-state index in [0.717, 1.165) is 24.0 Å². The Bertz CT molecular complexity index is 861. The number of benzene rings is 2. The van der Waals surface area contributed by atoms with E-state index in [1.165, 1.54) is 7.11 Å². The first kappa shape index (κ1) is 21.1. The number of carbonyl (C=O) groups excluding carboxylic acids is 2. The number of carbonyl (C=O) groups is 2. The average molecular weight is 396 g/mol. The highest BCUT2D eigenvalue weighted by Crippen LogP contribution is 2.25. The largest absolute Gasteiger partial charge is 0.493 e.